The lowest BCUT2D eigenvalue weighted by atomic mass is 10.0. The second-order valence-electron chi connectivity index (χ2n) is 6.08. The monoisotopic (exact) mass is 323 g/mol. The number of carbonyl (C=O) groups excluding carboxylic acids is 2. The Bertz CT molecular complexity index is 780. The van der Waals surface area contributed by atoms with Crippen molar-refractivity contribution in [2.45, 2.75) is 19.8 Å². The highest BCUT2D eigenvalue weighted by atomic mass is 16.2. The average molecular weight is 323 g/mol. The molecule has 0 spiro atoms. The molecule has 5 heteroatoms. The lowest BCUT2D eigenvalue weighted by molar-refractivity contribution is 0.0793. The zero-order valence-electron chi connectivity index (χ0n) is 13.7. The molecule has 3 N–H and O–H groups in total. The zero-order valence-corrected chi connectivity index (χ0v) is 13.7. The number of rotatable bonds is 3. The Kier molecular flexibility index (Phi) is 4.51. The molecule has 24 heavy (non-hydrogen) atoms. The smallest absolute Gasteiger partial charge is 0.256 e. The fourth-order valence-corrected chi connectivity index (χ4v) is 3.01. The molecule has 2 aromatic rings. The lowest BCUT2D eigenvalue weighted by Crippen LogP contribution is -2.29. The number of nitrogens with one attached hydrogen (secondary N) is 1. The Labute approximate surface area is 141 Å². The largest absolute Gasteiger partial charge is 0.399 e. The summed E-state index contributed by atoms with van der Waals surface area (Å²) >= 11 is 0. The van der Waals surface area contributed by atoms with E-state index >= 15 is 0 Å². The van der Waals surface area contributed by atoms with Crippen LogP contribution in [0.15, 0.2) is 42.5 Å². The lowest BCUT2D eigenvalue weighted by Gasteiger charge is -2.19. The summed E-state index contributed by atoms with van der Waals surface area (Å²) in [7, 11) is 0. The van der Waals surface area contributed by atoms with Crippen molar-refractivity contribution in [2.24, 2.45) is 0 Å². The number of nitrogen functional groups attached to an aromatic ring is 1. The minimum absolute atomic E-state index is 0.0199. The molecular weight excluding hydrogens is 302 g/mol. The molecule has 2 amide bonds. The van der Waals surface area contributed by atoms with E-state index in [0.717, 1.165) is 31.5 Å². The third-order valence-electron chi connectivity index (χ3n) is 4.28. The average Bonchev–Trinajstić information content (AvgIpc) is 3.09. The topological polar surface area (TPSA) is 75.4 Å². The number of benzene rings is 2. The van der Waals surface area contributed by atoms with Gasteiger partial charge in [0.25, 0.3) is 11.8 Å². The fourth-order valence-electron chi connectivity index (χ4n) is 3.01. The van der Waals surface area contributed by atoms with E-state index in [1.165, 1.54) is 0 Å². The molecule has 3 rings (SSSR count). The molecule has 1 fully saturated rings. The van der Waals surface area contributed by atoms with Gasteiger partial charge in [0.15, 0.2) is 0 Å². The van der Waals surface area contributed by atoms with Crippen LogP contribution >= 0.6 is 0 Å². The van der Waals surface area contributed by atoms with Gasteiger partial charge in [-0.1, -0.05) is 18.2 Å². The first kappa shape index (κ1) is 16.1. The number of nitrogens with zero attached hydrogens (tertiary/aromatic N) is 1. The SMILES string of the molecule is Cc1cccc(NC(=O)c2cccc(N)c2)c1C(=O)N1CCCC1. The van der Waals surface area contributed by atoms with Crippen LogP contribution in [0.4, 0.5) is 11.4 Å². The highest BCUT2D eigenvalue weighted by Gasteiger charge is 2.24. The molecule has 5 nitrogen and oxygen atoms in total. The number of aryl methyl sites for hydroxylation is 1. The van der Waals surface area contributed by atoms with Gasteiger partial charge in [0.05, 0.1) is 11.3 Å². The van der Waals surface area contributed by atoms with E-state index in [2.05, 4.69) is 5.32 Å². The van der Waals surface area contributed by atoms with Gasteiger partial charge in [-0.25, -0.2) is 0 Å². The summed E-state index contributed by atoms with van der Waals surface area (Å²) in [4.78, 5) is 27.1. The van der Waals surface area contributed by atoms with Gasteiger partial charge in [-0.2, -0.15) is 0 Å². The predicted molar refractivity (Wildman–Crippen MR) is 95.1 cm³/mol. The van der Waals surface area contributed by atoms with Crippen molar-refractivity contribution in [2.75, 3.05) is 24.1 Å². The van der Waals surface area contributed by atoms with E-state index in [9.17, 15) is 9.59 Å². The van der Waals surface area contributed by atoms with Crippen LogP contribution in [0.5, 0.6) is 0 Å². The van der Waals surface area contributed by atoms with Crippen molar-refractivity contribution in [1.29, 1.82) is 0 Å². The first-order valence-electron chi connectivity index (χ1n) is 8.12. The van der Waals surface area contributed by atoms with Crippen LogP contribution in [-0.4, -0.2) is 29.8 Å². The molecule has 0 bridgehead atoms. The molecule has 0 atom stereocenters. The number of hydrogen-bond acceptors (Lipinski definition) is 3. The summed E-state index contributed by atoms with van der Waals surface area (Å²) in [5.74, 6) is -0.295. The molecule has 1 aliphatic rings. The number of nitrogens with two attached hydrogens (primary N) is 1. The molecule has 0 aliphatic carbocycles. The third kappa shape index (κ3) is 3.25. The van der Waals surface area contributed by atoms with E-state index < -0.39 is 0 Å². The van der Waals surface area contributed by atoms with Crippen LogP contribution in [0, 0.1) is 6.92 Å². The van der Waals surface area contributed by atoms with Crippen LogP contribution in [-0.2, 0) is 0 Å². The van der Waals surface area contributed by atoms with Crippen molar-refractivity contribution in [1.82, 2.24) is 4.90 Å². The molecule has 0 unspecified atom stereocenters. The fraction of sp³-hybridized carbons (Fsp3) is 0.263. The van der Waals surface area contributed by atoms with Gasteiger partial charge >= 0.3 is 0 Å². The second kappa shape index (κ2) is 6.74. The Balaban J connectivity index is 1.89. The number of anilines is 2. The first-order chi connectivity index (χ1) is 11.6. The van der Waals surface area contributed by atoms with Crippen molar-refractivity contribution < 1.29 is 9.59 Å². The number of hydrogen-bond donors (Lipinski definition) is 2. The van der Waals surface area contributed by atoms with Gasteiger partial charge in [0.2, 0.25) is 0 Å². The molecule has 2 aromatic carbocycles. The van der Waals surface area contributed by atoms with Crippen LogP contribution in [0.25, 0.3) is 0 Å². The summed E-state index contributed by atoms with van der Waals surface area (Å²) in [6.45, 7) is 3.44. The van der Waals surface area contributed by atoms with E-state index in [1.54, 1.807) is 30.3 Å². The predicted octanol–water partition coefficient (Wildman–Crippen LogP) is 3.07. The summed E-state index contributed by atoms with van der Waals surface area (Å²) < 4.78 is 0. The van der Waals surface area contributed by atoms with E-state index in [1.807, 2.05) is 24.0 Å². The molecule has 1 heterocycles. The standard InChI is InChI=1S/C19H21N3O2/c1-13-6-4-9-16(17(13)19(24)22-10-2-3-11-22)21-18(23)14-7-5-8-15(20)12-14/h4-9,12H,2-3,10-11,20H2,1H3,(H,21,23). The highest BCUT2D eigenvalue weighted by molar-refractivity contribution is 6.09. The Hall–Kier alpha value is -2.82. The van der Waals surface area contributed by atoms with Crippen molar-refractivity contribution in [3.05, 3.63) is 59.2 Å². The Morgan fingerprint density at radius 2 is 1.79 bits per heavy atom. The van der Waals surface area contributed by atoms with Gasteiger partial charge < -0.3 is 16.0 Å². The summed E-state index contributed by atoms with van der Waals surface area (Å²) in [5, 5.41) is 2.86. The van der Waals surface area contributed by atoms with Gasteiger partial charge in [-0.3, -0.25) is 9.59 Å². The van der Waals surface area contributed by atoms with Crippen molar-refractivity contribution in [3.63, 3.8) is 0 Å². The maximum absolute atomic E-state index is 12.8. The molecule has 0 aromatic heterocycles. The minimum Gasteiger partial charge on any atom is -0.399 e. The third-order valence-corrected chi connectivity index (χ3v) is 4.28. The molecule has 0 saturated carbocycles. The van der Waals surface area contributed by atoms with Crippen molar-refractivity contribution in [3.8, 4) is 0 Å². The number of likely N-dealkylation sites (tertiary alicyclic amines) is 1. The van der Waals surface area contributed by atoms with Crippen LogP contribution < -0.4 is 11.1 Å². The van der Waals surface area contributed by atoms with E-state index in [4.69, 9.17) is 5.73 Å². The first-order valence-corrected chi connectivity index (χ1v) is 8.12. The van der Waals surface area contributed by atoms with Gasteiger partial charge in [-0.05, 0) is 49.6 Å². The minimum atomic E-state index is -0.275. The van der Waals surface area contributed by atoms with E-state index in [0.29, 0.717) is 22.5 Å². The number of amides is 2. The van der Waals surface area contributed by atoms with Crippen LogP contribution in [0.1, 0.15) is 39.1 Å². The quantitative estimate of drug-likeness (QED) is 0.852. The van der Waals surface area contributed by atoms with Crippen LogP contribution in [0.2, 0.25) is 0 Å². The summed E-state index contributed by atoms with van der Waals surface area (Å²) in [5.41, 5.74) is 8.70. The Morgan fingerprint density at radius 1 is 1.08 bits per heavy atom. The normalized spacial score (nSPS) is 13.8. The van der Waals surface area contributed by atoms with Gasteiger partial charge in [0.1, 0.15) is 0 Å². The van der Waals surface area contributed by atoms with Crippen molar-refractivity contribution >= 4 is 23.2 Å². The maximum atomic E-state index is 12.8. The van der Waals surface area contributed by atoms with Gasteiger partial charge in [-0.15, -0.1) is 0 Å². The highest BCUT2D eigenvalue weighted by Crippen LogP contribution is 2.24. The van der Waals surface area contributed by atoms with Crippen LogP contribution in [0.3, 0.4) is 0 Å². The second-order valence-corrected chi connectivity index (χ2v) is 6.08. The Morgan fingerprint density at radius 3 is 2.50 bits per heavy atom. The number of carbonyl (C=O) groups is 2. The molecule has 1 saturated heterocycles. The summed E-state index contributed by atoms with van der Waals surface area (Å²) in [6, 6.07) is 12.3. The zero-order chi connectivity index (χ0) is 17.1. The molecule has 0 radical (unpaired) electrons. The molecule has 124 valence electrons. The van der Waals surface area contributed by atoms with Gasteiger partial charge in [0, 0.05) is 24.3 Å². The molecular formula is C19H21N3O2. The van der Waals surface area contributed by atoms with E-state index in [-0.39, 0.29) is 11.8 Å². The summed E-state index contributed by atoms with van der Waals surface area (Å²) in [6.07, 6.45) is 2.06. The molecule has 1 aliphatic heterocycles. The maximum Gasteiger partial charge on any atom is 0.256 e.